The van der Waals surface area contributed by atoms with Gasteiger partial charge in [0.05, 0.1) is 34.6 Å². The fraction of sp³-hybridized carbons (Fsp3) is 0.294. The number of thiophene rings is 1. The molecule has 5 nitrogen and oxygen atoms in total. The number of aryl methyl sites for hydroxylation is 1. The molecule has 2 heterocycles. The second-order valence-electron chi connectivity index (χ2n) is 5.47. The molecule has 1 N–H and O–H groups in total. The number of methoxy groups -OCH3 is 2. The van der Waals surface area contributed by atoms with Gasteiger partial charge in [-0.25, -0.2) is 9.97 Å². The third-order valence-corrected chi connectivity index (χ3v) is 5.99. The first-order valence-electron chi connectivity index (χ1n) is 7.54. The lowest BCUT2D eigenvalue weighted by atomic mass is 10.2. The minimum absolute atomic E-state index is 0.00519. The lowest BCUT2D eigenvalue weighted by Crippen LogP contribution is -2.09. The maximum atomic E-state index is 6.31. The highest BCUT2D eigenvalue weighted by molar-refractivity contribution is 9.11. The van der Waals surface area contributed by atoms with E-state index in [4.69, 9.17) is 21.1 Å². The molecule has 3 aromatic rings. The maximum Gasteiger partial charge on any atom is 0.162 e. The summed E-state index contributed by atoms with van der Waals surface area (Å²) in [5, 5.41) is 5.03. The Kier molecular flexibility index (Phi) is 5.36. The average molecular weight is 443 g/mol. The number of benzene rings is 1. The van der Waals surface area contributed by atoms with Gasteiger partial charge in [-0.05, 0) is 41.9 Å². The van der Waals surface area contributed by atoms with Crippen LogP contribution in [0.4, 0.5) is 5.82 Å². The standard InChI is InChI=1S/C17H17BrClN3O2S/c1-8(16-11(19)6-15(18)25-16)20-17-10-5-13(23-3)14(24-4)7-12(10)21-9(2)22-17/h5-8H,1-4H3,(H,20,21,22). The van der Waals surface area contributed by atoms with Gasteiger partial charge in [-0.15, -0.1) is 11.3 Å². The molecule has 0 amide bonds. The van der Waals surface area contributed by atoms with Crippen molar-refractivity contribution >= 4 is 55.6 Å². The van der Waals surface area contributed by atoms with Crippen LogP contribution in [0, 0.1) is 6.92 Å². The topological polar surface area (TPSA) is 56.3 Å². The molecule has 0 radical (unpaired) electrons. The monoisotopic (exact) mass is 441 g/mol. The van der Waals surface area contributed by atoms with E-state index in [-0.39, 0.29) is 6.04 Å². The molecule has 0 bridgehead atoms. The minimum Gasteiger partial charge on any atom is -0.493 e. The molecule has 1 unspecified atom stereocenters. The number of hydrogen-bond acceptors (Lipinski definition) is 6. The number of fused-ring (bicyclic) bond motifs is 1. The van der Waals surface area contributed by atoms with Gasteiger partial charge in [0.15, 0.2) is 11.5 Å². The molecule has 0 aliphatic carbocycles. The summed E-state index contributed by atoms with van der Waals surface area (Å²) in [6.45, 7) is 3.91. The first kappa shape index (κ1) is 18.2. The molecule has 0 saturated heterocycles. The first-order chi connectivity index (χ1) is 11.9. The van der Waals surface area contributed by atoms with Crippen LogP contribution in [0.25, 0.3) is 10.9 Å². The molecule has 1 aromatic carbocycles. The summed E-state index contributed by atoms with van der Waals surface area (Å²) in [6.07, 6.45) is 0. The van der Waals surface area contributed by atoms with Gasteiger partial charge < -0.3 is 14.8 Å². The van der Waals surface area contributed by atoms with E-state index < -0.39 is 0 Å². The summed E-state index contributed by atoms with van der Waals surface area (Å²) in [6, 6.07) is 5.63. The molecular weight excluding hydrogens is 426 g/mol. The normalized spacial score (nSPS) is 12.2. The van der Waals surface area contributed by atoms with Crippen LogP contribution in [0.15, 0.2) is 22.0 Å². The summed E-state index contributed by atoms with van der Waals surface area (Å²) in [5.74, 6) is 2.68. The maximum absolute atomic E-state index is 6.31. The van der Waals surface area contributed by atoms with Crippen molar-refractivity contribution in [2.24, 2.45) is 0 Å². The van der Waals surface area contributed by atoms with Crippen LogP contribution >= 0.6 is 38.9 Å². The van der Waals surface area contributed by atoms with Crippen molar-refractivity contribution in [3.05, 3.63) is 37.7 Å². The Morgan fingerprint density at radius 1 is 1.16 bits per heavy atom. The molecule has 1 atom stereocenters. The van der Waals surface area contributed by atoms with E-state index >= 15 is 0 Å². The van der Waals surface area contributed by atoms with Crippen LogP contribution in [0.1, 0.15) is 23.7 Å². The molecule has 132 valence electrons. The Labute approximate surface area is 163 Å². The molecule has 3 rings (SSSR count). The SMILES string of the molecule is COc1cc2nc(C)nc(NC(C)c3sc(Br)cc3Cl)c2cc1OC. The number of halogens is 2. The van der Waals surface area contributed by atoms with Crippen molar-refractivity contribution in [1.29, 1.82) is 0 Å². The highest BCUT2D eigenvalue weighted by atomic mass is 79.9. The first-order valence-corrected chi connectivity index (χ1v) is 9.53. The third-order valence-electron chi connectivity index (χ3n) is 3.74. The summed E-state index contributed by atoms with van der Waals surface area (Å²) < 4.78 is 11.8. The smallest absolute Gasteiger partial charge is 0.162 e. The van der Waals surface area contributed by atoms with E-state index in [1.165, 1.54) is 0 Å². The predicted molar refractivity (Wildman–Crippen MR) is 106 cm³/mol. The number of nitrogens with zero attached hydrogens (tertiary/aromatic N) is 2. The molecule has 0 saturated carbocycles. The van der Waals surface area contributed by atoms with E-state index in [0.29, 0.717) is 17.3 Å². The lowest BCUT2D eigenvalue weighted by molar-refractivity contribution is 0.356. The number of nitrogens with one attached hydrogen (secondary N) is 1. The van der Waals surface area contributed by atoms with E-state index in [0.717, 1.165) is 30.4 Å². The highest BCUT2D eigenvalue weighted by Crippen LogP contribution is 2.38. The molecule has 2 aromatic heterocycles. The number of ether oxygens (including phenoxy) is 2. The van der Waals surface area contributed by atoms with Crippen LogP contribution in [-0.4, -0.2) is 24.2 Å². The molecule has 8 heteroatoms. The lowest BCUT2D eigenvalue weighted by Gasteiger charge is -2.17. The minimum atomic E-state index is -0.00519. The van der Waals surface area contributed by atoms with Crippen molar-refractivity contribution in [1.82, 2.24) is 9.97 Å². The van der Waals surface area contributed by atoms with Gasteiger partial charge in [0.1, 0.15) is 11.6 Å². The van der Waals surface area contributed by atoms with Gasteiger partial charge in [0.2, 0.25) is 0 Å². The Morgan fingerprint density at radius 2 is 1.84 bits per heavy atom. The molecule has 0 aliphatic rings. The van der Waals surface area contributed by atoms with Gasteiger partial charge in [-0.2, -0.15) is 0 Å². The zero-order valence-corrected chi connectivity index (χ0v) is 17.3. The van der Waals surface area contributed by atoms with Gasteiger partial charge in [-0.3, -0.25) is 0 Å². The zero-order valence-electron chi connectivity index (χ0n) is 14.2. The molecule has 0 fully saturated rings. The van der Waals surface area contributed by atoms with E-state index in [1.54, 1.807) is 25.6 Å². The van der Waals surface area contributed by atoms with Crippen molar-refractivity contribution in [2.75, 3.05) is 19.5 Å². The van der Waals surface area contributed by atoms with Crippen molar-refractivity contribution in [3.8, 4) is 11.5 Å². The van der Waals surface area contributed by atoms with Crippen LogP contribution in [0.5, 0.6) is 11.5 Å². The third kappa shape index (κ3) is 3.68. The molecular formula is C17H17BrClN3O2S. The second kappa shape index (κ2) is 7.35. The van der Waals surface area contributed by atoms with E-state index in [9.17, 15) is 0 Å². The van der Waals surface area contributed by atoms with Crippen molar-refractivity contribution < 1.29 is 9.47 Å². The fourth-order valence-electron chi connectivity index (χ4n) is 2.60. The quantitative estimate of drug-likeness (QED) is 0.557. The van der Waals surface area contributed by atoms with Gasteiger partial charge in [0, 0.05) is 16.3 Å². The Hall–Kier alpha value is -1.57. The Bertz CT molecular complexity index is 932. The van der Waals surface area contributed by atoms with Gasteiger partial charge in [0.25, 0.3) is 0 Å². The van der Waals surface area contributed by atoms with Gasteiger partial charge in [-0.1, -0.05) is 11.6 Å². The fourth-order valence-corrected chi connectivity index (χ4v) is 4.72. The zero-order chi connectivity index (χ0) is 18.1. The molecule has 0 spiro atoms. The number of rotatable bonds is 5. The molecule has 25 heavy (non-hydrogen) atoms. The Balaban J connectivity index is 2.07. The van der Waals surface area contributed by atoms with E-state index in [2.05, 4.69) is 31.2 Å². The van der Waals surface area contributed by atoms with Crippen LogP contribution < -0.4 is 14.8 Å². The average Bonchev–Trinajstić information content (AvgIpc) is 2.92. The number of aromatic nitrogens is 2. The van der Waals surface area contributed by atoms with Crippen molar-refractivity contribution in [2.45, 2.75) is 19.9 Å². The van der Waals surface area contributed by atoms with Crippen LogP contribution in [-0.2, 0) is 0 Å². The summed E-state index contributed by atoms with van der Waals surface area (Å²) >= 11 is 11.4. The van der Waals surface area contributed by atoms with Crippen LogP contribution in [0.2, 0.25) is 5.02 Å². The number of hydrogen-bond donors (Lipinski definition) is 1. The summed E-state index contributed by atoms with van der Waals surface area (Å²) in [5.41, 5.74) is 0.790. The predicted octanol–water partition coefficient (Wildman–Crippen LogP) is 5.61. The largest absolute Gasteiger partial charge is 0.493 e. The second-order valence-corrected chi connectivity index (χ2v) is 8.34. The Morgan fingerprint density at radius 3 is 2.44 bits per heavy atom. The summed E-state index contributed by atoms with van der Waals surface area (Å²) in [4.78, 5) is 10.1. The number of anilines is 1. The molecule has 0 aliphatic heterocycles. The van der Waals surface area contributed by atoms with Crippen LogP contribution in [0.3, 0.4) is 0 Å². The highest BCUT2D eigenvalue weighted by Gasteiger charge is 2.17. The van der Waals surface area contributed by atoms with E-state index in [1.807, 2.05) is 32.0 Å². The van der Waals surface area contributed by atoms with Gasteiger partial charge >= 0.3 is 0 Å². The van der Waals surface area contributed by atoms with Crippen molar-refractivity contribution in [3.63, 3.8) is 0 Å². The summed E-state index contributed by atoms with van der Waals surface area (Å²) in [7, 11) is 3.22.